The molecule has 4 nitrogen and oxygen atoms in total. The van der Waals surface area contributed by atoms with Gasteiger partial charge in [0.05, 0.1) is 10.9 Å². The van der Waals surface area contributed by atoms with E-state index in [0.717, 1.165) is 11.1 Å². The summed E-state index contributed by atoms with van der Waals surface area (Å²) in [4.78, 5) is 27.7. The average molecular weight is 264 g/mol. The van der Waals surface area contributed by atoms with Crippen LogP contribution in [0, 0.1) is 0 Å². The van der Waals surface area contributed by atoms with E-state index in [1.54, 1.807) is 12.1 Å². The largest absolute Gasteiger partial charge is 0.326 e. The second-order valence-corrected chi connectivity index (χ2v) is 4.46. The van der Waals surface area contributed by atoms with Crippen LogP contribution in [-0.2, 0) is 0 Å². The highest BCUT2D eigenvalue weighted by Crippen LogP contribution is 2.12. The average Bonchev–Trinajstić information content (AvgIpc) is 2.45. The SMILES string of the molecule is O=c1[nH]c(=O)c2ccc(C=Cc3ccccc3)cc2[nH]1. The van der Waals surface area contributed by atoms with Gasteiger partial charge in [-0.25, -0.2) is 4.79 Å². The highest BCUT2D eigenvalue weighted by molar-refractivity contribution is 5.82. The number of rotatable bonds is 2. The molecule has 3 aromatic rings. The fraction of sp³-hybridized carbons (Fsp3) is 0. The van der Waals surface area contributed by atoms with E-state index in [2.05, 4.69) is 9.97 Å². The normalized spacial score (nSPS) is 11.2. The molecule has 2 N–H and O–H groups in total. The molecule has 0 saturated heterocycles. The minimum Gasteiger partial charge on any atom is -0.307 e. The summed E-state index contributed by atoms with van der Waals surface area (Å²) < 4.78 is 0. The first kappa shape index (κ1) is 12.2. The summed E-state index contributed by atoms with van der Waals surface area (Å²) in [5.41, 5.74) is 1.68. The first-order chi connectivity index (χ1) is 9.72. The quantitative estimate of drug-likeness (QED) is 0.698. The molecule has 1 aromatic heterocycles. The van der Waals surface area contributed by atoms with Gasteiger partial charge in [-0.2, -0.15) is 0 Å². The van der Waals surface area contributed by atoms with Crippen molar-refractivity contribution in [2.75, 3.05) is 0 Å². The van der Waals surface area contributed by atoms with Gasteiger partial charge in [-0.1, -0.05) is 48.6 Å². The Labute approximate surface area is 114 Å². The van der Waals surface area contributed by atoms with Crippen LogP contribution in [0.15, 0.2) is 58.1 Å². The van der Waals surface area contributed by atoms with Crippen LogP contribution < -0.4 is 11.2 Å². The van der Waals surface area contributed by atoms with Gasteiger partial charge in [0.1, 0.15) is 0 Å². The van der Waals surface area contributed by atoms with Gasteiger partial charge in [0, 0.05) is 0 Å². The van der Waals surface area contributed by atoms with Crippen molar-refractivity contribution >= 4 is 23.1 Å². The Morgan fingerprint density at radius 2 is 1.55 bits per heavy atom. The molecule has 0 unspecified atom stereocenters. The number of nitrogens with one attached hydrogen (secondary N) is 2. The maximum absolute atomic E-state index is 11.6. The van der Waals surface area contributed by atoms with Crippen molar-refractivity contribution in [2.24, 2.45) is 0 Å². The van der Waals surface area contributed by atoms with Crippen molar-refractivity contribution in [3.63, 3.8) is 0 Å². The standard InChI is InChI=1S/C16H12N2O2/c19-15-13-9-8-12(10-14(13)17-16(20)18-15)7-6-11-4-2-1-3-5-11/h1-10H,(H2,17,18,19,20). The van der Waals surface area contributed by atoms with Crippen LogP contribution in [0.2, 0.25) is 0 Å². The molecule has 0 amide bonds. The lowest BCUT2D eigenvalue weighted by molar-refractivity contribution is 1.08. The number of hydrogen-bond donors (Lipinski definition) is 2. The van der Waals surface area contributed by atoms with Crippen LogP contribution >= 0.6 is 0 Å². The lowest BCUT2D eigenvalue weighted by atomic mass is 10.1. The summed E-state index contributed by atoms with van der Waals surface area (Å²) in [6, 6.07) is 15.2. The van der Waals surface area contributed by atoms with Crippen LogP contribution in [0.3, 0.4) is 0 Å². The smallest absolute Gasteiger partial charge is 0.307 e. The Hall–Kier alpha value is -2.88. The van der Waals surface area contributed by atoms with Crippen molar-refractivity contribution < 1.29 is 0 Å². The third-order valence-corrected chi connectivity index (χ3v) is 3.03. The molecule has 0 atom stereocenters. The zero-order chi connectivity index (χ0) is 13.9. The van der Waals surface area contributed by atoms with Crippen molar-refractivity contribution in [3.05, 3.63) is 80.5 Å². The summed E-state index contributed by atoms with van der Waals surface area (Å²) in [7, 11) is 0. The van der Waals surface area contributed by atoms with E-state index in [0.29, 0.717) is 10.9 Å². The minimum absolute atomic E-state index is 0.373. The van der Waals surface area contributed by atoms with Crippen molar-refractivity contribution in [3.8, 4) is 0 Å². The van der Waals surface area contributed by atoms with Crippen LogP contribution in [-0.4, -0.2) is 9.97 Å². The Morgan fingerprint density at radius 3 is 2.35 bits per heavy atom. The molecule has 0 fully saturated rings. The Bertz CT molecular complexity index is 889. The molecule has 98 valence electrons. The molecular formula is C16H12N2O2. The lowest BCUT2D eigenvalue weighted by Crippen LogP contribution is -2.21. The van der Waals surface area contributed by atoms with Gasteiger partial charge in [-0.05, 0) is 23.3 Å². The highest BCUT2D eigenvalue weighted by Gasteiger charge is 2.00. The van der Waals surface area contributed by atoms with Crippen LogP contribution in [0.5, 0.6) is 0 Å². The van der Waals surface area contributed by atoms with Crippen molar-refractivity contribution in [2.45, 2.75) is 0 Å². The van der Waals surface area contributed by atoms with Crippen molar-refractivity contribution in [1.82, 2.24) is 9.97 Å². The molecule has 4 heteroatoms. The predicted octanol–water partition coefficient (Wildman–Crippen LogP) is 2.39. The maximum atomic E-state index is 11.6. The summed E-state index contributed by atoms with van der Waals surface area (Å²) >= 11 is 0. The Kier molecular flexibility index (Phi) is 3.05. The first-order valence-corrected chi connectivity index (χ1v) is 6.22. The molecule has 0 spiro atoms. The molecule has 0 radical (unpaired) electrons. The van der Waals surface area contributed by atoms with Crippen LogP contribution in [0.4, 0.5) is 0 Å². The molecule has 1 heterocycles. The van der Waals surface area contributed by atoms with Gasteiger partial charge in [-0.15, -0.1) is 0 Å². The van der Waals surface area contributed by atoms with E-state index in [4.69, 9.17) is 0 Å². The third kappa shape index (κ3) is 2.44. The summed E-state index contributed by atoms with van der Waals surface area (Å²) in [5.74, 6) is 0. The van der Waals surface area contributed by atoms with Gasteiger partial charge in [0.25, 0.3) is 5.56 Å². The van der Waals surface area contributed by atoms with E-state index in [-0.39, 0.29) is 5.56 Å². The van der Waals surface area contributed by atoms with Gasteiger partial charge in [0.15, 0.2) is 0 Å². The lowest BCUT2D eigenvalue weighted by Gasteiger charge is -1.98. The number of H-pyrrole nitrogens is 2. The molecular weight excluding hydrogens is 252 g/mol. The molecule has 0 aliphatic heterocycles. The molecule has 3 rings (SSSR count). The summed E-state index contributed by atoms with van der Waals surface area (Å²) in [5, 5.41) is 0.474. The number of benzene rings is 2. The van der Waals surface area contributed by atoms with E-state index in [1.165, 1.54) is 0 Å². The third-order valence-electron chi connectivity index (χ3n) is 3.03. The minimum atomic E-state index is -0.494. The topological polar surface area (TPSA) is 65.7 Å². The number of aromatic nitrogens is 2. The molecule has 20 heavy (non-hydrogen) atoms. The second kappa shape index (κ2) is 5.01. The summed E-state index contributed by atoms with van der Waals surface area (Å²) in [6.45, 7) is 0. The van der Waals surface area contributed by atoms with E-state index in [1.807, 2.05) is 48.6 Å². The molecule has 0 aliphatic rings. The Morgan fingerprint density at radius 1 is 0.800 bits per heavy atom. The van der Waals surface area contributed by atoms with Gasteiger partial charge >= 0.3 is 5.69 Å². The molecule has 0 saturated carbocycles. The number of hydrogen-bond acceptors (Lipinski definition) is 2. The fourth-order valence-electron chi connectivity index (χ4n) is 2.05. The van der Waals surface area contributed by atoms with Gasteiger partial charge in [0.2, 0.25) is 0 Å². The van der Waals surface area contributed by atoms with E-state index >= 15 is 0 Å². The zero-order valence-corrected chi connectivity index (χ0v) is 10.6. The first-order valence-electron chi connectivity index (χ1n) is 6.22. The zero-order valence-electron chi connectivity index (χ0n) is 10.6. The second-order valence-electron chi connectivity index (χ2n) is 4.46. The number of aromatic amines is 2. The van der Waals surface area contributed by atoms with E-state index < -0.39 is 5.69 Å². The fourth-order valence-corrected chi connectivity index (χ4v) is 2.05. The van der Waals surface area contributed by atoms with Gasteiger partial charge < -0.3 is 4.98 Å². The molecule has 0 aliphatic carbocycles. The highest BCUT2D eigenvalue weighted by atomic mass is 16.2. The maximum Gasteiger partial charge on any atom is 0.326 e. The molecule has 0 bridgehead atoms. The monoisotopic (exact) mass is 264 g/mol. The van der Waals surface area contributed by atoms with Crippen LogP contribution in [0.25, 0.3) is 23.1 Å². The summed E-state index contributed by atoms with van der Waals surface area (Å²) in [6.07, 6.45) is 3.92. The van der Waals surface area contributed by atoms with Gasteiger partial charge in [-0.3, -0.25) is 9.78 Å². The number of fused-ring (bicyclic) bond motifs is 1. The molecule has 2 aromatic carbocycles. The van der Waals surface area contributed by atoms with Crippen molar-refractivity contribution in [1.29, 1.82) is 0 Å². The van der Waals surface area contributed by atoms with Crippen LogP contribution in [0.1, 0.15) is 11.1 Å². The predicted molar refractivity (Wildman–Crippen MR) is 80.6 cm³/mol. The van der Waals surface area contributed by atoms with E-state index in [9.17, 15) is 9.59 Å². The Balaban J connectivity index is 2.03.